The zero-order valence-corrected chi connectivity index (χ0v) is 13.5. The van der Waals surface area contributed by atoms with Crippen LogP contribution in [0.25, 0.3) is 0 Å². The van der Waals surface area contributed by atoms with Crippen molar-refractivity contribution in [3.05, 3.63) is 28.8 Å². The van der Waals surface area contributed by atoms with Crippen LogP contribution in [0.3, 0.4) is 0 Å². The summed E-state index contributed by atoms with van der Waals surface area (Å²) in [7, 11) is -1.93. The molecule has 2 unspecified atom stereocenters. The Morgan fingerprint density at radius 1 is 1.33 bits per heavy atom. The highest BCUT2D eigenvalue weighted by Gasteiger charge is 2.29. The Kier molecular flexibility index (Phi) is 5.03. The van der Waals surface area contributed by atoms with Gasteiger partial charge in [-0.25, -0.2) is 13.1 Å². The van der Waals surface area contributed by atoms with Crippen LogP contribution in [0, 0.1) is 13.8 Å². The molecule has 2 N–H and O–H groups in total. The van der Waals surface area contributed by atoms with Gasteiger partial charge in [-0.2, -0.15) is 0 Å². The second kappa shape index (κ2) is 6.44. The first kappa shape index (κ1) is 16.4. The van der Waals surface area contributed by atoms with E-state index in [9.17, 15) is 13.5 Å². The molecule has 1 fully saturated rings. The Labute approximate surface area is 126 Å². The Morgan fingerprint density at radius 3 is 2.62 bits per heavy atom. The topological polar surface area (TPSA) is 75.6 Å². The molecule has 1 aliphatic carbocycles. The van der Waals surface area contributed by atoms with Gasteiger partial charge in [0.1, 0.15) is 0 Å². The van der Waals surface area contributed by atoms with Crippen molar-refractivity contribution in [2.24, 2.45) is 0 Å². The summed E-state index contributed by atoms with van der Waals surface area (Å²) in [4.78, 5) is 0.257. The molecule has 21 heavy (non-hydrogen) atoms. The zero-order valence-electron chi connectivity index (χ0n) is 12.7. The van der Waals surface area contributed by atoms with Gasteiger partial charge in [-0.05, 0) is 55.9 Å². The number of hydrogen-bond acceptors (Lipinski definition) is 4. The standard InChI is InChI=1S/C15H23NO4S/c1-10-6-12(9-17)7-15(11(10)2)21(18,19)16-13-4-5-14(8-13)20-3/h6-7,13-14,16-17H,4-5,8-9H2,1-3H3. The van der Waals surface area contributed by atoms with E-state index in [2.05, 4.69) is 4.72 Å². The van der Waals surface area contributed by atoms with Crippen molar-refractivity contribution in [1.29, 1.82) is 0 Å². The highest BCUT2D eigenvalue weighted by atomic mass is 32.2. The molecular formula is C15H23NO4S. The maximum atomic E-state index is 12.6. The summed E-state index contributed by atoms with van der Waals surface area (Å²) in [6.45, 7) is 3.47. The maximum Gasteiger partial charge on any atom is 0.241 e. The third-order valence-electron chi connectivity index (χ3n) is 4.19. The third kappa shape index (κ3) is 3.63. The van der Waals surface area contributed by atoms with Crippen LogP contribution in [0.15, 0.2) is 17.0 Å². The molecule has 1 aromatic carbocycles. The van der Waals surface area contributed by atoms with Crippen molar-refractivity contribution < 1.29 is 18.3 Å². The van der Waals surface area contributed by atoms with Gasteiger partial charge in [-0.1, -0.05) is 6.07 Å². The third-order valence-corrected chi connectivity index (χ3v) is 5.84. The van der Waals surface area contributed by atoms with E-state index in [-0.39, 0.29) is 23.6 Å². The average Bonchev–Trinajstić information content (AvgIpc) is 2.88. The predicted octanol–water partition coefficient (Wildman–Crippen LogP) is 1.64. The summed E-state index contributed by atoms with van der Waals surface area (Å²) >= 11 is 0. The Balaban J connectivity index is 2.26. The molecular weight excluding hydrogens is 290 g/mol. The summed E-state index contributed by atoms with van der Waals surface area (Å²) < 4.78 is 33.2. The molecule has 0 amide bonds. The second-order valence-corrected chi connectivity index (χ2v) is 7.37. The quantitative estimate of drug-likeness (QED) is 0.866. The van der Waals surface area contributed by atoms with Gasteiger partial charge in [0.05, 0.1) is 17.6 Å². The van der Waals surface area contributed by atoms with Crippen molar-refractivity contribution >= 4 is 10.0 Å². The van der Waals surface area contributed by atoms with Gasteiger partial charge in [-0.15, -0.1) is 0 Å². The summed E-state index contributed by atoms with van der Waals surface area (Å²) in [5.74, 6) is 0. The molecule has 0 aliphatic heterocycles. The fourth-order valence-corrected chi connectivity index (χ4v) is 4.46. The minimum absolute atomic E-state index is 0.0857. The number of ether oxygens (including phenoxy) is 1. The first-order chi connectivity index (χ1) is 9.87. The predicted molar refractivity (Wildman–Crippen MR) is 80.6 cm³/mol. The van der Waals surface area contributed by atoms with Crippen LogP contribution in [-0.4, -0.2) is 32.8 Å². The van der Waals surface area contributed by atoms with E-state index in [1.54, 1.807) is 20.1 Å². The lowest BCUT2D eigenvalue weighted by Crippen LogP contribution is -2.34. The molecule has 0 heterocycles. The van der Waals surface area contributed by atoms with Gasteiger partial charge < -0.3 is 9.84 Å². The van der Waals surface area contributed by atoms with Gasteiger partial charge in [0.15, 0.2) is 0 Å². The lowest BCUT2D eigenvalue weighted by molar-refractivity contribution is 0.107. The van der Waals surface area contributed by atoms with Crippen LogP contribution in [0.1, 0.15) is 36.0 Å². The highest BCUT2D eigenvalue weighted by molar-refractivity contribution is 7.89. The molecule has 1 aromatic rings. The molecule has 1 aliphatic rings. The number of aryl methyl sites for hydroxylation is 1. The van der Waals surface area contributed by atoms with Crippen LogP contribution in [0.5, 0.6) is 0 Å². The molecule has 0 radical (unpaired) electrons. The van der Waals surface area contributed by atoms with E-state index in [4.69, 9.17) is 4.74 Å². The van der Waals surface area contributed by atoms with Crippen molar-refractivity contribution in [3.63, 3.8) is 0 Å². The van der Waals surface area contributed by atoms with E-state index in [1.807, 2.05) is 13.0 Å². The molecule has 0 bridgehead atoms. The lowest BCUT2D eigenvalue weighted by Gasteiger charge is -2.16. The first-order valence-corrected chi connectivity index (χ1v) is 8.61. The Bertz CT molecular complexity index is 612. The highest BCUT2D eigenvalue weighted by Crippen LogP contribution is 2.26. The van der Waals surface area contributed by atoms with E-state index in [0.717, 1.165) is 24.0 Å². The number of benzene rings is 1. The molecule has 1 saturated carbocycles. The van der Waals surface area contributed by atoms with Crippen LogP contribution in [0.4, 0.5) is 0 Å². The van der Waals surface area contributed by atoms with Crippen molar-refractivity contribution in [1.82, 2.24) is 4.72 Å². The maximum absolute atomic E-state index is 12.6. The summed E-state index contributed by atoms with van der Waals surface area (Å²) in [5, 5.41) is 9.26. The Morgan fingerprint density at radius 2 is 2.05 bits per heavy atom. The van der Waals surface area contributed by atoms with Gasteiger partial charge in [0.2, 0.25) is 10.0 Å². The molecule has 2 atom stereocenters. The number of aliphatic hydroxyl groups excluding tert-OH is 1. The van der Waals surface area contributed by atoms with E-state index < -0.39 is 10.0 Å². The summed E-state index contributed by atoms with van der Waals surface area (Å²) in [6, 6.07) is 3.27. The number of aliphatic hydroxyl groups is 1. The molecule has 118 valence electrons. The number of nitrogens with one attached hydrogen (secondary N) is 1. The first-order valence-electron chi connectivity index (χ1n) is 7.13. The molecule has 2 rings (SSSR count). The molecule has 0 spiro atoms. The van der Waals surface area contributed by atoms with Crippen LogP contribution >= 0.6 is 0 Å². The van der Waals surface area contributed by atoms with Gasteiger partial charge in [-0.3, -0.25) is 0 Å². The van der Waals surface area contributed by atoms with Gasteiger partial charge >= 0.3 is 0 Å². The minimum atomic E-state index is -3.58. The van der Waals surface area contributed by atoms with Crippen molar-refractivity contribution in [2.45, 2.75) is 56.8 Å². The summed E-state index contributed by atoms with van der Waals surface area (Å²) in [6.07, 6.45) is 2.49. The number of sulfonamides is 1. The van der Waals surface area contributed by atoms with E-state index >= 15 is 0 Å². The fourth-order valence-electron chi connectivity index (χ4n) is 2.81. The van der Waals surface area contributed by atoms with E-state index in [0.29, 0.717) is 12.0 Å². The van der Waals surface area contributed by atoms with E-state index in [1.165, 1.54) is 0 Å². The SMILES string of the molecule is COC1CCC(NS(=O)(=O)c2cc(CO)cc(C)c2C)C1. The second-order valence-electron chi connectivity index (χ2n) is 5.68. The largest absolute Gasteiger partial charge is 0.392 e. The zero-order chi connectivity index (χ0) is 15.6. The normalized spacial score (nSPS) is 22.7. The minimum Gasteiger partial charge on any atom is -0.392 e. The van der Waals surface area contributed by atoms with Crippen LogP contribution < -0.4 is 4.72 Å². The van der Waals surface area contributed by atoms with Gasteiger partial charge in [0.25, 0.3) is 0 Å². The number of methoxy groups -OCH3 is 1. The molecule has 0 saturated heterocycles. The van der Waals surface area contributed by atoms with Crippen molar-refractivity contribution in [3.8, 4) is 0 Å². The van der Waals surface area contributed by atoms with Crippen LogP contribution in [-0.2, 0) is 21.4 Å². The monoisotopic (exact) mass is 313 g/mol. The summed E-state index contributed by atoms with van der Waals surface area (Å²) in [5.41, 5.74) is 2.20. The van der Waals surface area contributed by atoms with Crippen LogP contribution in [0.2, 0.25) is 0 Å². The average molecular weight is 313 g/mol. The van der Waals surface area contributed by atoms with Gasteiger partial charge in [0, 0.05) is 13.2 Å². The number of rotatable bonds is 5. The smallest absolute Gasteiger partial charge is 0.241 e. The fraction of sp³-hybridized carbons (Fsp3) is 0.600. The van der Waals surface area contributed by atoms with Crippen molar-refractivity contribution in [2.75, 3.05) is 7.11 Å². The molecule has 6 heteroatoms. The number of hydrogen-bond donors (Lipinski definition) is 2. The lowest BCUT2D eigenvalue weighted by atomic mass is 10.1. The molecule has 0 aromatic heterocycles. The molecule has 5 nitrogen and oxygen atoms in total. The Hall–Kier alpha value is -0.950.